The highest BCUT2D eigenvalue weighted by atomic mass is 16.5. The van der Waals surface area contributed by atoms with Crippen molar-refractivity contribution in [3.63, 3.8) is 0 Å². The van der Waals surface area contributed by atoms with E-state index in [4.69, 9.17) is 9.84 Å². The van der Waals surface area contributed by atoms with E-state index in [1.54, 1.807) is 0 Å². The summed E-state index contributed by atoms with van der Waals surface area (Å²) in [6.45, 7) is 11.0. The molecule has 0 unspecified atom stereocenters. The Morgan fingerprint density at radius 1 is 1.13 bits per heavy atom. The highest BCUT2D eigenvalue weighted by Crippen LogP contribution is 2.52. The maximum Gasteiger partial charge on any atom is 0.134 e. The fourth-order valence-electron chi connectivity index (χ4n) is 5.43. The van der Waals surface area contributed by atoms with Crippen molar-refractivity contribution in [1.82, 2.24) is 9.78 Å². The lowest BCUT2D eigenvalue weighted by Gasteiger charge is -2.36. The topological polar surface area (TPSA) is 47.3 Å². The lowest BCUT2D eigenvalue weighted by atomic mass is 9.78. The number of aromatic hydroxyl groups is 1. The average Bonchev–Trinajstić information content (AvgIpc) is 3.17. The van der Waals surface area contributed by atoms with E-state index in [9.17, 15) is 5.11 Å². The van der Waals surface area contributed by atoms with Gasteiger partial charge in [0.15, 0.2) is 0 Å². The van der Waals surface area contributed by atoms with E-state index in [-0.39, 0.29) is 5.41 Å². The predicted octanol–water partition coefficient (Wildman–Crippen LogP) is 7.64. The minimum absolute atomic E-state index is 0.00234. The Morgan fingerprint density at radius 2 is 1.87 bits per heavy atom. The number of ether oxygens (including phenoxy) is 1. The summed E-state index contributed by atoms with van der Waals surface area (Å²) in [7, 11) is 0. The largest absolute Gasteiger partial charge is 0.507 e. The Labute approximate surface area is 188 Å². The number of fused-ring (bicyclic) bond motifs is 3. The van der Waals surface area contributed by atoms with Gasteiger partial charge in [0.2, 0.25) is 0 Å². The van der Waals surface area contributed by atoms with Crippen molar-refractivity contribution in [1.29, 1.82) is 0 Å². The number of hydrogen-bond acceptors (Lipinski definition) is 3. The summed E-state index contributed by atoms with van der Waals surface area (Å²) in [5.74, 6) is 1.12. The van der Waals surface area contributed by atoms with Crippen LogP contribution in [0.1, 0.15) is 116 Å². The number of aromatic nitrogens is 2. The standard InChI is InChI=1S/C27H40N2O2/c1-6-7-8-12-15-26(2,3)19-16-22(30)24-23(17-19)31-27(4,5)21-18-28-29(25(21)24)20-13-10-9-11-14-20/h16-18,20,30H,6-15H2,1-5H3. The first-order valence-electron chi connectivity index (χ1n) is 12.4. The number of phenolic OH excluding ortho intramolecular Hbond substituents is 1. The minimum Gasteiger partial charge on any atom is -0.507 e. The van der Waals surface area contributed by atoms with E-state index < -0.39 is 5.60 Å². The van der Waals surface area contributed by atoms with Gasteiger partial charge in [0.1, 0.15) is 17.1 Å². The van der Waals surface area contributed by atoms with E-state index >= 15 is 0 Å². The normalized spacial score (nSPS) is 18.4. The third-order valence-corrected chi connectivity index (χ3v) is 7.48. The zero-order valence-electron chi connectivity index (χ0n) is 20.1. The van der Waals surface area contributed by atoms with E-state index in [1.165, 1.54) is 44.9 Å². The molecule has 1 N–H and O–H groups in total. The second kappa shape index (κ2) is 8.52. The fourth-order valence-corrected chi connectivity index (χ4v) is 5.43. The van der Waals surface area contributed by atoms with Crippen molar-refractivity contribution < 1.29 is 9.84 Å². The third kappa shape index (κ3) is 4.23. The first kappa shape index (κ1) is 22.2. The highest BCUT2D eigenvalue weighted by molar-refractivity contribution is 5.80. The molecule has 2 aliphatic rings. The van der Waals surface area contributed by atoms with Crippen LogP contribution in [-0.2, 0) is 11.0 Å². The minimum atomic E-state index is -0.467. The van der Waals surface area contributed by atoms with Gasteiger partial charge in [0.05, 0.1) is 23.5 Å². The lowest BCUT2D eigenvalue weighted by Crippen LogP contribution is -2.30. The lowest BCUT2D eigenvalue weighted by molar-refractivity contribution is 0.104. The molecule has 2 aromatic rings. The van der Waals surface area contributed by atoms with Gasteiger partial charge in [-0.05, 0) is 56.2 Å². The van der Waals surface area contributed by atoms with E-state index in [0.717, 1.165) is 47.4 Å². The van der Waals surface area contributed by atoms with Gasteiger partial charge < -0.3 is 9.84 Å². The van der Waals surface area contributed by atoms with Gasteiger partial charge in [-0.1, -0.05) is 65.7 Å². The van der Waals surface area contributed by atoms with Crippen molar-refractivity contribution in [2.75, 3.05) is 0 Å². The molecular weight excluding hydrogens is 384 g/mol. The molecule has 0 atom stereocenters. The smallest absolute Gasteiger partial charge is 0.134 e. The molecule has 1 saturated carbocycles. The van der Waals surface area contributed by atoms with Gasteiger partial charge in [0.25, 0.3) is 0 Å². The Balaban J connectivity index is 1.73. The van der Waals surface area contributed by atoms with Crippen LogP contribution in [0, 0.1) is 0 Å². The summed E-state index contributed by atoms with van der Waals surface area (Å²) >= 11 is 0. The maximum absolute atomic E-state index is 11.2. The van der Waals surface area contributed by atoms with Crippen LogP contribution in [0.5, 0.6) is 11.5 Å². The van der Waals surface area contributed by atoms with Gasteiger partial charge in [0, 0.05) is 5.56 Å². The molecule has 1 fully saturated rings. The molecule has 1 aromatic carbocycles. The average molecular weight is 425 g/mol. The monoisotopic (exact) mass is 424 g/mol. The summed E-state index contributed by atoms with van der Waals surface area (Å²) in [5.41, 5.74) is 3.64. The Kier molecular flexibility index (Phi) is 6.11. The molecule has 1 aliphatic carbocycles. The van der Waals surface area contributed by atoms with Gasteiger partial charge in [-0.15, -0.1) is 0 Å². The summed E-state index contributed by atoms with van der Waals surface area (Å²) in [6.07, 6.45) is 14.2. The number of benzene rings is 1. The summed E-state index contributed by atoms with van der Waals surface area (Å²) in [4.78, 5) is 0. The van der Waals surface area contributed by atoms with Crippen molar-refractivity contribution >= 4 is 0 Å². The molecule has 0 spiro atoms. The van der Waals surface area contributed by atoms with Crippen LogP contribution in [0.3, 0.4) is 0 Å². The zero-order chi connectivity index (χ0) is 22.2. The molecule has 31 heavy (non-hydrogen) atoms. The Bertz CT molecular complexity index is 920. The van der Waals surface area contributed by atoms with Crippen molar-refractivity contribution in [3.8, 4) is 22.8 Å². The molecule has 1 aliphatic heterocycles. The van der Waals surface area contributed by atoms with E-state index in [2.05, 4.69) is 45.4 Å². The number of nitrogens with zero attached hydrogens (tertiary/aromatic N) is 2. The summed E-state index contributed by atoms with van der Waals surface area (Å²) < 4.78 is 8.68. The van der Waals surface area contributed by atoms with Crippen molar-refractivity contribution in [3.05, 3.63) is 29.5 Å². The van der Waals surface area contributed by atoms with Crippen LogP contribution in [0.4, 0.5) is 0 Å². The quantitative estimate of drug-likeness (QED) is 0.465. The van der Waals surface area contributed by atoms with Gasteiger partial charge in [-0.3, -0.25) is 4.68 Å². The van der Waals surface area contributed by atoms with Gasteiger partial charge in [-0.2, -0.15) is 5.10 Å². The maximum atomic E-state index is 11.2. The van der Waals surface area contributed by atoms with Crippen molar-refractivity contribution in [2.24, 2.45) is 0 Å². The first-order valence-corrected chi connectivity index (χ1v) is 12.4. The summed E-state index contributed by atoms with van der Waals surface area (Å²) in [6, 6.07) is 4.56. The van der Waals surface area contributed by atoms with Crippen LogP contribution < -0.4 is 4.74 Å². The second-order valence-corrected chi connectivity index (χ2v) is 10.8. The molecule has 4 rings (SSSR count). The molecular formula is C27H40N2O2. The van der Waals surface area contributed by atoms with Crippen LogP contribution >= 0.6 is 0 Å². The summed E-state index contributed by atoms with van der Waals surface area (Å²) in [5, 5.41) is 16.1. The Hall–Kier alpha value is -1.97. The van der Waals surface area contributed by atoms with Crippen molar-refractivity contribution in [2.45, 2.75) is 116 Å². The van der Waals surface area contributed by atoms with E-state index in [0.29, 0.717) is 11.8 Å². The number of phenols is 1. The SMILES string of the molecule is CCCCCCC(C)(C)c1cc(O)c2c(c1)OC(C)(C)c1cnn(C3CCCCC3)c1-2. The zero-order valence-corrected chi connectivity index (χ0v) is 20.1. The first-order chi connectivity index (χ1) is 14.7. The Morgan fingerprint density at radius 3 is 2.58 bits per heavy atom. The molecule has 0 saturated heterocycles. The second-order valence-electron chi connectivity index (χ2n) is 10.8. The molecule has 4 heteroatoms. The third-order valence-electron chi connectivity index (χ3n) is 7.48. The molecule has 0 radical (unpaired) electrons. The number of rotatable bonds is 7. The van der Waals surface area contributed by atoms with Crippen LogP contribution in [0.2, 0.25) is 0 Å². The van der Waals surface area contributed by atoms with Gasteiger partial charge in [-0.25, -0.2) is 0 Å². The van der Waals surface area contributed by atoms with Crippen LogP contribution in [0.15, 0.2) is 18.3 Å². The fraction of sp³-hybridized carbons (Fsp3) is 0.667. The number of hydrogen-bond donors (Lipinski definition) is 1. The van der Waals surface area contributed by atoms with Crippen LogP contribution in [0.25, 0.3) is 11.3 Å². The molecule has 0 bridgehead atoms. The molecule has 1 aromatic heterocycles. The molecule has 0 amide bonds. The predicted molar refractivity (Wildman–Crippen MR) is 127 cm³/mol. The van der Waals surface area contributed by atoms with Crippen LogP contribution in [-0.4, -0.2) is 14.9 Å². The molecule has 4 nitrogen and oxygen atoms in total. The van der Waals surface area contributed by atoms with E-state index in [1.807, 2.05) is 12.3 Å². The van der Waals surface area contributed by atoms with Gasteiger partial charge >= 0.3 is 0 Å². The molecule has 170 valence electrons. The molecule has 2 heterocycles. The highest BCUT2D eigenvalue weighted by Gasteiger charge is 2.39. The number of unbranched alkanes of at least 4 members (excludes halogenated alkanes) is 3.